The van der Waals surface area contributed by atoms with Crippen LogP contribution < -0.4 is 25.9 Å². The molecule has 0 fully saturated rings. The van der Waals surface area contributed by atoms with Gasteiger partial charge in [-0.1, -0.05) is 114 Å². The van der Waals surface area contributed by atoms with Gasteiger partial charge in [-0.15, -0.1) is 10.2 Å². The average molecular weight is 837 g/mol. The van der Waals surface area contributed by atoms with Crippen LogP contribution in [0.3, 0.4) is 0 Å². The number of fused-ring (bicyclic) bond motifs is 1. The van der Waals surface area contributed by atoms with Gasteiger partial charge in [0.15, 0.2) is 16.3 Å². The number of rotatable bonds is 16. The van der Waals surface area contributed by atoms with Crippen molar-refractivity contribution in [3.8, 4) is 11.7 Å². The van der Waals surface area contributed by atoms with E-state index in [0.717, 1.165) is 69.7 Å². The van der Waals surface area contributed by atoms with Crippen molar-refractivity contribution in [2.45, 2.75) is 99.1 Å². The first kappa shape index (κ1) is 42.7. The molecule has 0 radical (unpaired) electrons. The number of anilines is 5. The third kappa shape index (κ3) is 10.3. The number of nitrogens with one attached hydrogen (secondary N) is 2. The van der Waals surface area contributed by atoms with Crippen LogP contribution in [0.5, 0.6) is 5.75 Å². The van der Waals surface area contributed by atoms with E-state index in [4.69, 9.17) is 45.7 Å². The van der Waals surface area contributed by atoms with Gasteiger partial charge in [-0.3, -0.25) is 4.99 Å². The highest BCUT2D eigenvalue weighted by Gasteiger charge is 2.28. The second-order valence-corrected chi connectivity index (χ2v) is 17.3. The first-order chi connectivity index (χ1) is 29.4. The highest BCUT2D eigenvalue weighted by atomic mass is 32.1. The fourth-order valence-corrected chi connectivity index (χ4v) is 7.89. The van der Waals surface area contributed by atoms with E-state index < -0.39 is 5.41 Å². The number of benzene rings is 4. The van der Waals surface area contributed by atoms with Crippen LogP contribution in [0, 0.1) is 13.8 Å². The maximum atomic E-state index is 7.01. The number of azo groups is 1. The molecule has 0 aliphatic rings. The fraction of sp³-hybridized carbons (Fsp3) is 0.340. The molecule has 0 unspecified atom stereocenters. The number of nitrogen functional groups attached to an aromatic ring is 1. The van der Waals surface area contributed by atoms with Crippen LogP contribution in [0.2, 0.25) is 0 Å². The Bertz CT molecular complexity index is 2640. The number of hydrogen-bond donors (Lipinski definition) is 3. The maximum absolute atomic E-state index is 7.01. The zero-order valence-electron chi connectivity index (χ0n) is 36.4. The lowest BCUT2D eigenvalue weighted by Crippen LogP contribution is -2.17. The lowest BCUT2D eigenvalue weighted by atomic mass is 9.91. The average Bonchev–Trinajstić information content (AvgIpc) is 3.75. The summed E-state index contributed by atoms with van der Waals surface area (Å²) in [6.07, 6.45) is 3.78. The Morgan fingerprint density at radius 1 is 0.803 bits per heavy atom. The summed E-state index contributed by atoms with van der Waals surface area (Å²) in [7, 11) is 0. The van der Waals surface area contributed by atoms with Gasteiger partial charge in [-0.25, -0.2) is 0 Å². The third-order valence-corrected chi connectivity index (χ3v) is 11.2. The molecule has 0 spiro atoms. The molecule has 7 rings (SSSR count). The van der Waals surface area contributed by atoms with E-state index in [9.17, 15) is 0 Å². The van der Waals surface area contributed by atoms with Crippen LogP contribution >= 0.6 is 11.3 Å². The van der Waals surface area contributed by atoms with Crippen molar-refractivity contribution in [2.24, 2.45) is 15.2 Å². The fourth-order valence-electron chi connectivity index (χ4n) is 6.82. The number of nitrogens with two attached hydrogens (primary N) is 1. The lowest BCUT2D eigenvalue weighted by Gasteiger charge is -2.17. The molecule has 14 heteroatoms. The summed E-state index contributed by atoms with van der Waals surface area (Å²) in [5.74, 6) is 1.73. The molecule has 4 aromatic carbocycles. The Balaban J connectivity index is 1.35. The molecular formula is C47H56N12OS. The largest absolute Gasteiger partial charge is 0.488 e. The zero-order valence-corrected chi connectivity index (χ0v) is 37.2. The van der Waals surface area contributed by atoms with E-state index >= 15 is 0 Å². The highest BCUT2D eigenvalue weighted by Crippen LogP contribution is 2.41. The van der Waals surface area contributed by atoms with Gasteiger partial charge in [0.2, 0.25) is 11.9 Å². The van der Waals surface area contributed by atoms with Crippen molar-refractivity contribution in [1.82, 2.24) is 29.3 Å². The van der Waals surface area contributed by atoms with Gasteiger partial charge in [-0.2, -0.15) is 24.7 Å². The van der Waals surface area contributed by atoms with Crippen molar-refractivity contribution < 1.29 is 4.74 Å². The van der Waals surface area contributed by atoms with Crippen molar-refractivity contribution in [3.63, 3.8) is 0 Å². The molecule has 3 heterocycles. The highest BCUT2D eigenvalue weighted by molar-refractivity contribution is 7.16. The van der Waals surface area contributed by atoms with Crippen LogP contribution in [0.4, 0.5) is 40.5 Å². The lowest BCUT2D eigenvalue weighted by molar-refractivity contribution is 0.194. The predicted molar refractivity (Wildman–Crippen MR) is 249 cm³/mol. The van der Waals surface area contributed by atoms with E-state index in [0.29, 0.717) is 41.3 Å². The van der Waals surface area contributed by atoms with E-state index in [2.05, 4.69) is 93.1 Å². The molecule has 61 heavy (non-hydrogen) atoms. The minimum atomic E-state index is -0.476. The molecule has 0 bridgehead atoms. The number of thiazole rings is 1. The summed E-state index contributed by atoms with van der Waals surface area (Å²) in [4.78, 5) is 20.4. The van der Waals surface area contributed by atoms with Gasteiger partial charge in [0.1, 0.15) is 11.4 Å². The molecule has 13 nitrogen and oxygen atoms in total. The molecule has 0 atom stereocenters. The number of aromatic nitrogens is 6. The van der Waals surface area contributed by atoms with Gasteiger partial charge >= 0.3 is 0 Å². The van der Waals surface area contributed by atoms with Crippen molar-refractivity contribution in [2.75, 3.05) is 22.9 Å². The summed E-state index contributed by atoms with van der Waals surface area (Å²) in [5, 5.41) is 21.5. The molecule has 4 N–H and O–H groups in total. The summed E-state index contributed by atoms with van der Waals surface area (Å²) < 4.78 is 11.5. The topological polar surface area (TPSA) is 158 Å². The Hall–Kier alpha value is -6.41. The zero-order chi connectivity index (χ0) is 43.1. The van der Waals surface area contributed by atoms with E-state index in [1.54, 1.807) is 11.3 Å². The first-order valence-electron chi connectivity index (χ1n) is 21.0. The van der Waals surface area contributed by atoms with Gasteiger partial charge < -0.3 is 25.7 Å². The molecule has 0 amide bonds. The van der Waals surface area contributed by atoms with Crippen LogP contribution in [-0.2, 0) is 12.0 Å². The van der Waals surface area contributed by atoms with Crippen LogP contribution in [-0.4, -0.2) is 41.9 Å². The second-order valence-electron chi connectivity index (χ2n) is 16.3. The van der Waals surface area contributed by atoms with Crippen molar-refractivity contribution in [1.29, 1.82) is 0 Å². The van der Waals surface area contributed by atoms with Crippen LogP contribution in [0.15, 0.2) is 106 Å². The minimum absolute atomic E-state index is 0.00618. The van der Waals surface area contributed by atoms with Crippen molar-refractivity contribution >= 4 is 62.0 Å². The van der Waals surface area contributed by atoms with E-state index in [-0.39, 0.29) is 17.9 Å². The SMILES string of the molecule is CCCCN=c1sc2cc(N=Nc3c(C(C)(C)C)nn(-c4nc(Nc5cccc(C)c5)nc(Nc5cccc(C)c5)n4)c3N)c(OC(CC)CC)cc2n1Cc1ccccc1. The Morgan fingerprint density at radius 2 is 1.46 bits per heavy atom. The quantitative estimate of drug-likeness (QED) is 0.0641. The molecule has 316 valence electrons. The van der Waals surface area contributed by atoms with Gasteiger partial charge in [0.05, 0.1) is 28.6 Å². The van der Waals surface area contributed by atoms with Crippen LogP contribution in [0.1, 0.15) is 89.6 Å². The summed E-state index contributed by atoms with van der Waals surface area (Å²) in [5.41, 5.74) is 14.3. The van der Waals surface area contributed by atoms with Crippen LogP contribution in [0.25, 0.3) is 16.2 Å². The third-order valence-electron chi connectivity index (χ3n) is 10.1. The molecule has 0 aliphatic carbocycles. The first-order valence-corrected chi connectivity index (χ1v) is 21.9. The molecular weight excluding hydrogens is 781 g/mol. The predicted octanol–water partition coefficient (Wildman–Crippen LogP) is 11.8. The standard InChI is InChI=1S/C47H56N12OS/c1-9-12-24-49-46-58(29-32-20-14-13-15-21-32)37-28-38(60-35(10-2)11-3)36(27-39(37)61-46)55-56-40-41(47(6,7)8)57-59(42(40)48)45-53-43(50-33-22-16-18-30(4)25-33)52-44(54-45)51-34-23-17-19-31(5)26-34/h13-23,25-28,35H,9-12,24,29,48H2,1-8H3,(H2,50,51,52,53,54). The molecule has 3 aromatic heterocycles. The van der Waals surface area contributed by atoms with Crippen molar-refractivity contribution in [3.05, 3.63) is 118 Å². The summed E-state index contributed by atoms with van der Waals surface area (Å²) in [6, 6.07) is 30.6. The van der Waals surface area contributed by atoms with E-state index in [1.165, 1.54) is 10.2 Å². The molecule has 0 saturated heterocycles. The normalized spacial score (nSPS) is 12.2. The summed E-state index contributed by atoms with van der Waals surface area (Å²) >= 11 is 1.65. The molecule has 0 aliphatic heterocycles. The molecule has 7 aromatic rings. The Morgan fingerprint density at radius 3 is 2.05 bits per heavy atom. The Labute approximate surface area is 361 Å². The van der Waals surface area contributed by atoms with Gasteiger partial charge in [0, 0.05) is 29.4 Å². The Kier molecular flexibility index (Phi) is 13.2. The molecule has 0 saturated carbocycles. The number of hydrogen-bond acceptors (Lipinski definition) is 12. The number of nitrogens with zero attached hydrogens (tertiary/aromatic N) is 9. The second kappa shape index (κ2) is 18.9. The minimum Gasteiger partial charge on any atom is -0.488 e. The van der Waals surface area contributed by atoms with Gasteiger partial charge in [0.25, 0.3) is 5.95 Å². The smallest absolute Gasteiger partial charge is 0.259 e. The van der Waals surface area contributed by atoms with E-state index in [1.807, 2.05) is 68.4 Å². The maximum Gasteiger partial charge on any atom is 0.259 e. The van der Waals surface area contributed by atoms with Gasteiger partial charge in [-0.05, 0) is 80.1 Å². The summed E-state index contributed by atoms with van der Waals surface area (Å²) in [6.45, 7) is 18.2. The number of ether oxygens (including phenoxy) is 1. The number of aryl methyl sites for hydroxylation is 2. The monoisotopic (exact) mass is 836 g/mol. The number of unbranched alkanes of at least 4 members (excludes halogenated alkanes) is 1.